The Morgan fingerprint density at radius 1 is 0.604 bits per heavy atom. The predicted molar refractivity (Wildman–Crippen MR) is 356 cm³/mol. The molecule has 490 valence electrons. The average molecular weight is 1420 g/mol. The number of aromatic nitrogens is 4. The molecule has 8 rings (SSSR count). The van der Waals surface area contributed by atoms with Gasteiger partial charge in [-0.25, -0.2) is 14.2 Å². The molecule has 2 aromatic heterocycles. The van der Waals surface area contributed by atoms with E-state index in [-0.39, 0.29) is 129 Å². The van der Waals surface area contributed by atoms with Crippen LogP contribution in [0.15, 0.2) is 84.9 Å². The molecule has 0 fully saturated rings. The Morgan fingerprint density at radius 2 is 1.01 bits per heavy atom. The molecule has 24 heteroatoms. The number of unbranched alkanes of at least 4 members (excludes halogenated alkanes) is 4. The van der Waals surface area contributed by atoms with Crippen molar-refractivity contribution in [2.75, 3.05) is 63.8 Å². The number of phenolic OH excluding ortho intramolecular Hbond substituents is 1. The minimum atomic E-state index is -0.531. The molecule has 4 aromatic carbocycles. The second kappa shape index (κ2) is 39.2. The Morgan fingerprint density at radius 3 is 1.38 bits per heavy atom. The molecule has 0 spiro atoms. The van der Waals surface area contributed by atoms with Crippen molar-refractivity contribution >= 4 is 75.4 Å². The number of benzene rings is 4. The number of hydrogen-bond donors (Lipinski definition) is 3. The smallest absolute Gasteiger partial charge is 0.870 e. The molecule has 0 bridgehead atoms. The summed E-state index contributed by atoms with van der Waals surface area (Å²) in [6.45, 7) is 18.9. The van der Waals surface area contributed by atoms with Crippen LogP contribution >= 0.6 is 45.8 Å². The Bertz CT molecular complexity index is 3330. The standard InChI is InChI=1S/C34H43ClN4O6.C30H37ClN4O4.C3H7IO.Na.H2O/c1-5-8-16-37(17-9-6-2)34(43)32-31(35)23(4)39(36-32)29-15-14-27(45-22-30(41)44-7-3)19-28(29)33(42)38-20-25-13-11-10-12-24(25)18-26(38)21-40;1-4-6-14-33(15-7-5-2)30(39)28-27(31)20(3)35(32-28)26-13-12-24(37)17-25(26)29(38)34-18-22-11-9-8-10-21(22)16-23(34)19-36;1-2-5-3-4;;/h10-15,19,26,40H,5-9,16-18,20-22H2,1-4H3;8-13,17,23,36-37H,4-7,14-16,18-19H2,1-3H3;2-3H2,1H3;;1H2/q;;;+1;/p-1/t26-;23-;;;/m00.../s1. The molecule has 4 N–H and O–H groups in total. The van der Waals surface area contributed by atoms with Gasteiger partial charge in [0.05, 0.1) is 80.5 Å². The van der Waals surface area contributed by atoms with Gasteiger partial charge in [-0.15, -0.1) is 0 Å². The fourth-order valence-electron chi connectivity index (χ4n) is 10.6. The van der Waals surface area contributed by atoms with Crippen LogP contribution in [-0.4, -0.2) is 165 Å². The largest absolute Gasteiger partial charge is 1.00 e. The number of aromatic hydroxyl groups is 1. The van der Waals surface area contributed by atoms with Gasteiger partial charge in [0.15, 0.2) is 18.0 Å². The van der Waals surface area contributed by atoms with Crippen molar-refractivity contribution in [2.45, 2.75) is 145 Å². The number of carbonyl (C=O) groups is 5. The van der Waals surface area contributed by atoms with Crippen LogP contribution in [0, 0.1) is 13.8 Å². The van der Waals surface area contributed by atoms with E-state index in [1.54, 1.807) is 64.6 Å². The van der Waals surface area contributed by atoms with Gasteiger partial charge in [0.2, 0.25) is 0 Å². The molecule has 6 aromatic rings. The van der Waals surface area contributed by atoms with Crippen LogP contribution < -0.4 is 34.3 Å². The van der Waals surface area contributed by atoms with Crippen LogP contribution in [0.1, 0.15) is 168 Å². The van der Waals surface area contributed by atoms with Crippen molar-refractivity contribution in [2.24, 2.45) is 0 Å². The first-order chi connectivity index (χ1) is 42.9. The molecule has 2 atom stereocenters. The van der Waals surface area contributed by atoms with Gasteiger partial charge >= 0.3 is 35.5 Å². The van der Waals surface area contributed by atoms with Crippen molar-refractivity contribution in [1.29, 1.82) is 0 Å². The van der Waals surface area contributed by atoms with E-state index in [0.29, 0.717) is 74.9 Å². The number of phenols is 1. The van der Waals surface area contributed by atoms with E-state index in [1.807, 2.05) is 55.5 Å². The molecular weight excluding hydrogens is 1330 g/mol. The summed E-state index contributed by atoms with van der Waals surface area (Å²) in [5.41, 5.74) is 6.73. The van der Waals surface area contributed by atoms with Crippen molar-refractivity contribution in [3.8, 4) is 22.9 Å². The summed E-state index contributed by atoms with van der Waals surface area (Å²) in [5.74, 6) is -1.51. The molecule has 2 aliphatic heterocycles. The molecular formula is C67H88Cl2IN8NaO12. The van der Waals surface area contributed by atoms with Crippen LogP contribution in [-0.2, 0) is 40.2 Å². The molecule has 91 heavy (non-hydrogen) atoms. The zero-order chi connectivity index (χ0) is 64.7. The van der Waals surface area contributed by atoms with Gasteiger partial charge in [-0.2, -0.15) is 10.2 Å². The van der Waals surface area contributed by atoms with Gasteiger partial charge in [0.1, 0.15) is 11.5 Å². The summed E-state index contributed by atoms with van der Waals surface area (Å²) >= 11 is 15.6. The molecule has 20 nitrogen and oxygen atoms in total. The summed E-state index contributed by atoms with van der Waals surface area (Å²) in [6, 6.07) is 24.2. The second-order valence-electron chi connectivity index (χ2n) is 21.9. The number of halogens is 3. The predicted octanol–water partition coefficient (Wildman–Crippen LogP) is 8.76. The van der Waals surface area contributed by atoms with E-state index >= 15 is 0 Å². The summed E-state index contributed by atoms with van der Waals surface area (Å²) in [5, 5.41) is 40.5. The zero-order valence-electron chi connectivity index (χ0n) is 54.1. The number of carbonyl (C=O) groups excluding carboxylic acids is 5. The monoisotopic (exact) mass is 1420 g/mol. The number of esters is 1. The quantitative estimate of drug-likeness (QED) is 0.0199. The first-order valence-corrected chi connectivity index (χ1v) is 33.2. The third-order valence-corrected chi connectivity index (χ3v) is 17.0. The van der Waals surface area contributed by atoms with E-state index in [1.165, 1.54) is 21.5 Å². The second-order valence-corrected chi connectivity index (χ2v) is 23.3. The number of rotatable bonds is 26. The third-order valence-electron chi connectivity index (χ3n) is 15.7. The number of aliphatic hydroxyl groups is 2. The number of hydrogen-bond acceptors (Lipinski definition) is 14. The van der Waals surface area contributed by atoms with Gasteiger partial charge in [0, 0.05) is 45.9 Å². The summed E-state index contributed by atoms with van der Waals surface area (Å²) in [4.78, 5) is 74.4. The summed E-state index contributed by atoms with van der Waals surface area (Å²) in [7, 11) is 0. The van der Waals surface area contributed by atoms with Crippen molar-refractivity contribution in [3.05, 3.63) is 151 Å². The minimum Gasteiger partial charge on any atom is -0.870 e. The van der Waals surface area contributed by atoms with Crippen LogP contribution in [0.5, 0.6) is 11.5 Å². The number of nitrogens with zero attached hydrogens (tertiary/aromatic N) is 8. The third kappa shape index (κ3) is 20.2. The maximum atomic E-state index is 14.4. The number of alkyl halides is 1. The van der Waals surface area contributed by atoms with E-state index in [2.05, 4.69) is 60.5 Å². The summed E-state index contributed by atoms with van der Waals surface area (Å²) in [6.07, 6.45) is 8.35. The van der Waals surface area contributed by atoms with E-state index < -0.39 is 18.1 Å². The zero-order valence-corrected chi connectivity index (χ0v) is 59.7. The Labute approximate surface area is 581 Å². The number of fused-ring (bicyclic) bond motifs is 2. The molecule has 0 unspecified atom stereocenters. The SMILES string of the molecule is CCCCN(CCCC)C(=O)c1nn(-c2ccc(O)cc2C(=O)N2Cc3ccccc3C[C@H]2CO)c(C)c1Cl.CCCCN(CCCC)C(=O)c1nn(-c2ccc(OCC(=O)OCC)cc2C(=O)N2Cc3ccccc3C[C@H]2CO)c(C)c1Cl.CCOCI.[Na+].[OH-]. The fourth-order valence-corrected chi connectivity index (χ4v) is 11.4. The van der Waals surface area contributed by atoms with Gasteiger partial charge in [-0.05, 0) is 125 Å². The maximum Gasteiger partial charge on any atom is 1.00 e. The van der Waals surface area contributed by atoms with E-state index in [0.717, 1.165) is 84.8 Å². The number of aliphatic hydroxyl groups excluding tert-OH is 2. The van der Waals surface area contributed by atoms with E-state index in [9.17, 15) is 39.3 Å². The molecule has 0 saturated heterocycles. The molecule has 0 aliphatic carbocycles. The first kappa shape index (κ1) is 77.8. The van der Waals surface area contributed by atoms with Gasteiger partial charge in [-0.3, -0.25) is 19.2 Å². The Balaban J connectivity index is 0.000000357. The van der Waals surface area contributed by atoms with Gasteiger partial charge in [0.25, 0.3) is 23.6 Å². The normalized spacial score (nSPS) is 13.8. The van der Waals surface area contributed by atoms with Crippen molar-refractivity contribution in [3.63, 3.8) is 0 Å². The van der Waals surface area contributed by atoms with Crippen molar-refractivity contribution < 1.29 is 88.5 Å². The fraction of sp³-hybridized carbons (Fsp3) is 0.478. The van der Waals surface area contributed by atoms with Gasteiger partial charge < -0.3 is 54.6 Å². The van der Waals surface area contributed by atoms with Gasteiger partial charge in [-0.1, -0.05) is 148 Å². The summed E-state index contributed by atoms with van der Waals surface area (Å²) < 4.78 is 19.3. The number of ether oxygens (including phenoxy) is 3. The molecule has 2 aliphatic rings. The minimum absolute atomic E-state index is 0. The maximum absolute atomic E-state index is 14.4. The molecule has 0 saturated carbocycles. The molecule has 0 radical (unpaired) electrons. The Hall–Kier alpha value is -5.60. The molecule has 4 heterocycles. The first-order valence-electron chi connectivity index (χ1n) is 30.9. The van der Waals surface area contributed by atoms with Crippen LogP contribution in [0.25, 0.3) is 11.4 Å². The molecule has 4 amide bonds. The average Bonchev–Trinajstić information content (AvgIpc) is 1.77. The number of amides is 4. The van der Waals surface area contributed by atoms with Crippen molar-refractivity contribution in [1.82, 2.24) is 39.2 Å². The topological polar surface area (TPSA) is 252 Å². The van der Waals surface area contributed by atoms with Crippen LogP contribution in [0.4, 0.5) is 0 Å². The van der Waals surface area contributed by atoms with Crippen LogP contribution in [0.2, 0.25) is 10.0 Å². The van der Waals surface area contributed by atoms with Crippen LogP contribution in [0.3, 0.4) is 0 Å². The van der Waals surface area contributed by atoms with E-state index in [4.69, 9.17) is 37.4 Å². The Kier molecular flexibility index (Phi) is 33.5.